The maximum atomic E-state index is 13.2. The molecule has 1 fully saturated rings. The standard InChI is InChI=1S/C18H28FN/c1-4-20-18(15-7-5-13(2)6-8-15)12-16-9-10-17(19)11-14(16)3/h9-11,13,15,18,20H,4-8,12H2,1-3H3. The Hall–Kier alpha value is -0.890. The van der Waals surface area contributed by atoms with Crippen LogP contribution in [-0.4, -0.2) is 12.6 Å². The second-order valence-electron chi connectivity index (χ2n) is 6.46. The van der Waals surface area contributed by atoms with Crippen LogP contribution in [0, 0.1) is 24.6 Å². The highest BCUT2D eigenvalue weighted by Gasteiger charge is 2.26. The van der Waals surface area contributed by atoms with E-state index >= 15 is 0 Å². The van der Waals surface area contributed by atoms with Crippen LogP contribution in [0.1, 0.15) is 50.7 Å². The molecule has 0 saturated heterocycles. The minimum atomic E-state index is -0.127. The van der Waals surface area contributed by atoms with Gasteiger partial charge in [0.25, 0.3) is 0 Å². The number of halogens is 1. The quantitative estimate of drug-likeness (QED) is 0.836. The zero-order chi connectivity index (χ0) is 14.5. The first kappa shape index (κ1) is 15.5. The van der Waals surface area contributed by atoms with Crippen molar-refractivity contribution in [2.45, 2.75) is 58.9 Å². The van der Waals surface area contributed by atoms with Gasteiger partial charge < -0.3 is 5.32 Å². The highest BCUT2D eigenvalue weighted by atomic mass is 19.1. The van der Waals surface area contributed by atoms with E-state index in [1.165, 1.54) is 31.2 Å². The van der Waals surface area contributed by atoms with E-state index in [4.69, 9.17) is 0 Å². The first-order valence-electron chi connectivity index (χ1n) is 8.08. The van der Waals surface area contributed by atoms with Crippen molar-refractivity contribution < 1.29 is 4.39 Å². The van der Waals surface area contributed by atoms with E-state index in [2.05, 4.69) is 19.2 Å². The number of rotatable bonds is 5. The molecule has 1 aromatic carbocycles. The lowest BCUT2D eigenvalue weighted by Crippen LogP contribution is -2.39. The lowest BCUT2D eigenvalue weighted by molar-refractivity contribution is 0.230. The van der Waals surface area contributed by atoms with E-state index in [0.29, 0.717) is 6.04 Å². The molecule has 0 amide bonds. The monoisotopic (exact) mass is 277 g/mol. The number of hydrogen-bond donors (Lipinski definition) is 1. The van der Waals surface area contributed by atoms with E-state index in [1.807, 2.05) is 13.0 Å². The maximum Gasteiger partial charge on any atom is 0.123 e. The molecule has 1 aliphatic carbocycles. The molecule has 1 aromatic rings. The predicted molar refractivity (Wildman–Crippen MR) is 83.4 cm³/mol. The summed E-state index contributed by atoms with van der Waals surface area (Å²) in [6, 6.07) is 5.74. The second kappa shape index (κ2) is 7.21. The Bertz CT molecular complexity index is 421. The number of likely N-dealkylation sites (N-methyl/N-ethyl adjacent to an activating group) is 1. The minimum absolute atomic E-state index is 0.127. The fourth-order valence-corrected chi connectivity index (χ4v) is 3.48. The molecule has 0 bridgehead atoms. The van der Waals surface area contributed by atoms with Crippen LogP contribution in [-0.2, 0) is 6.42 Å². The van der Waals surface area contributed by atoms with Gasteiger partial charge in [-0.2, -0.15) is 0 Å². The van der Waals surface area contributed by atoms with Gasteiger partial charge in [-0.1, -0.05) is 32.8 Å². The topological polar surface area (TPSA) is 12.0 Å². The van der Waals surface area contributed by atoms with Crippen LogP contribution < -0.4 is 5.32 Å². The molecule has 0 aliphatic heterocycles. The van der Waals surface area contributed by atoms with Crippen LogP contribution in [0.15, 0.2) is 18.2 Å². The van der Waals surface area contributed by atoms with Crippen LogP contribution in [0.5, 0.6) is 0 Å². The fraction of sp³-hybridized carbons (Fsp3) is 0.667. The van der Waals surface area contributed by atoms with Gasteiger partial charge >= 0.3 is 0 Å². The Morgan fingerprint density at radius 2 is 1.95 bits per heavy atom. The average molecular weight is 277 g/mol. The largest absolute Gasteiger partial charge is 0.314 e. The molecule has 1 unspecified atom stereocenters. The van der Waals surface area contributed by atoms with Crippen molar-refractivity contribution >= 4 is 0 Å². The van der Waals surface area contributed by atoms with E-state index in [0.717, 1.165) is 30.4 Å². The van der Waals surface area contributed by atoms with Crippen molar-refractivity contribution in [3.8, 4) is 0 Å². The number of hydrogen-bond acceptors (Lipinski definition) is 1. The van der Waals surface area contributed by atoms with Crippen molar-refractivity contribution in [3.05, 3.63) is 35.1 Å². The zero-order valence-corrected chi connectivity index (χ0v) is 13.1. The molecular formula is C18H28FN. The van der Waals surface area contributed by atoms with Crippen LogP contribution in [0.3, 0.4) is 0 Å². The number of nitrogens with one attached hydrogen (secondary N) is 1. The van der Waals surface area contributed by atoms with E-state index in [1.54, 1.807) is 12.1 Å². The molecule has 112 valence electrons. The molecule has 1 saturated carbocycles. The summed E-state index contributed by atoms with van der Waals surface area (Å²) < 4.78 is 13.2. The third-order valence-electron chi connectivity index (χ3n) is 4.84. The zero-order valence-electron chi connectivity index (χ0n) is 13.1. The third-order valence-corrected chi connectivity index (χ3v) is 4.84. The molecule has 1 N–H and O–H groups in total. The molecule has 0 heterocycles. The molecule has 20 heavy (non-hydrogen) atoms. The van der Waals surface area contributed by atoms with Gasteiger partial charge in [-0.3, -0.25) is 0 Å². The second-order valence-corrected chi connectivity index (χ2v) is 6.46. The summed E-state index contributed by atoms with van der Waals surface area (Å²) in [5, 5.41) is 3.66. The lowest BCUT2D eigenvalue weighted by atomic mass is 9.77. The molecule has 1 nitrogen and oxygen atoms in total. The molecule has 2 rings (SSSR count). The summed E-state index contributed by atoms with van der Waals surface area (Å²) in [6.07, 6.45) is 6.40. The van der Waals surface area contributed by atoms with Gasteiger partial charge in [0.2, 0.25) is 0 Å². The maximum absolute atomic E-state index is 13.2. The summed E-state index contributed by atoms with van der Waals surface area (Å²) in [6.45, 7) is 7.57. The summed E-state index contributed by atoms with van der Waals surface area (Å²) in [5.74, 6) is 1.54. The van der Waals surface area contributed by atoms with E-state index < -0.39 is 0 Å². The highest BCUT2D eigenvalue weighted by molar-refractivity contribution is 5.27. The normalized spacial score (nSPS) is 24.6. The Labute approximate surface area is 123 Å². The SMILES string of the molecule is CCNC(Cc1ccc(F)cc1C)C1CCC(C)CC1. The smallest absolute Gasteiger partial charge is 0.123 e. The Kier molecular flexibility index (Phi) is 5.59. The Morgan fingerprint density at radius 1 is 1.25 bits per heavy atom. The summed E-state index contributed by atoms with van der Waals surface area (Å²) in [4.78, 5) is 0. The first-order chi connectivity index (χ1) is 9.60. The van der Waals surface area contributed by atoms with Gasteiger partial charge in [0.1, 0.15) is 5.82 Å². The Morgan fingerprint density at radius 3 is 2.55 bits per heavy atom. The Balaban J connectivity index is 2.04. The van der Waals surface area contributed by atoms with Gasteiger partial charge in [0, 0.05) is 6.04 Å². The van der Waals surface area contributed by atoms with E-state index in [-0.39, 0.29) is 5.82 Å². The van der Waals surface area contributed by atoms with Crippen LogP contribution in [0.2, 0.25) is 0 Å². The molecule has 1 aliphatic rings. The summed E-state index contributed by atoms with van der Waals surface area (Å²) in [7, 11) is 0. The van der Waals surface area contributed by atoms with Crippen LogP contribution in [0.4, 0.5) is 4.39 Å². The van der Waals surface area contributed by atoms with Crippen molar-refractivity contribution in [2.75, 3.05) is 6.54 Å². The molecule has 1 atom stereocenters. The van der Waals surface area contributed by atoms with Crippen LogP contribution in [0.25, 0.3) is 0 Å². The molecular weight excluding hydrogens is 249 g/mol. The van der Waals surface area contributed by atoms with Crippen molar-refractivity contribution in [1.29, 1.82) is 0 Å². The molecule has 0 spiro atoms. The first-order valence-corrected chi connectivity index (χ1v) is 8.08. The fourth-order valence-electron chi connectivity index (χ4n) is 3.48. The summed E-state index contributed by atoms with van der Waals surface area (Å²) >= 11 is 0. The molecule has 0 aromatic heterocycles. The highest BCUT2D eigenvalue weighted by Crippen LogP contribution is 2.31. The number of aryl methyl sites for hydroxylation is 1. The average Bonchev–Trinajstić information content (AvgIpc) is 2.42. The van der Waals surface area contributed by atoms with Crippen LogP contribution >= 0.6 is 0 Å². The van der Waals surface area contributed by atoms with Gasteiger partial charge in [-0.15, -0.1) is 0 Å². The lowest BCUT2D eigenvalue weighted by Gasteiger charge is -2.33. The predicted octanol–water partition coefficient (Wildman–Crippen LogP) is 4.48. The van der Waals surface area contributed by atoms with Gasteiger partial charge in [0.05, 0.1) is 0 Å². The van der Waals surface area contributed by atoms with Crippen molar-refractivity contribution in [2.24, 2.45) is 11.8 Å². The minimum Gasteiger partial charge on any atom is -0.314 e. The molecule has 2 heteroatoms. The van der Waals surface area contributed by atoms with E-state index in [9.17, 15) is 4.39 Å². The number of benzene rings is 1. The van der Waals surface area contributed by atoms with Crippen molar-refractivity contribution in [1.82, 2.24) is 5.32 Å². The van der Waals surface area contributed by atoms with Gasteiger partial charge in [0.15, 0.2) is 0 Å². The van der Waals surface area contributed by atoms with Gasteiger partial charge in [-0.25, -0.2) is 4.39 Å². The third kappa shape index (κ3) is 4.05. The molecule has 0 radical (unpaired) electrons. The summed E-state index contributed by atoms with van der Waals surface area (Å²) in [5.41, 5.74) is 2.37. The van der Waals surface area contributed by atoms with Crippen molar-refractivity contribution in [3.63, 3.8) is 0 Å². The van der Waals surface area contributed by atoms with Gasteiger partial charge in [-0.05, 0) is 67.8 Å².